The number of para-hydroxylation sites is 1. The Hall–Kier alpha value is -3.34. The van der Waals surface area contributed by atoms with Gasteiger partial charge in [-0.05, 0) is 36.4 Å². The Labute approximate surface area is 138 Å². The Morgan fingerprint density at radius 3 is 2.71 bits per heavy atom. The second-order valence-corrected chi connectivity index (χ2v) is 5.61. The SMILES string of the molecule is Cn1c(=O)c(Nc2cccc(-n3cccn3)c2)cc2ccccc21. The smallest absolute Gasteiger partial charge is 0.274 e. The largest absolute Gasteiger partial charge is 0.351 e. The minimum Gasteiger partial charge on any atom is -0.351 e. The number of aromatic nitrogens is 3. The van der Waals surface area contributed by atoms with E-state index in [9.17, 15) is 4.79 Å². The van der Waals surface area contributed by atoms with Gasteiger partial charge in [-0.1, -0.05) is 24.3 Å². The number of rotatable bonds is 3. The number of hydrogen-bond acceptors (Lipinski definition) is 3. The molecule has 0 unspecified atom stereocenters. The molecule has 2 aromatic heterocycles. The molecule has 0 saturated heterocycles. The zero-order valence-corrected chi connectivity index (χ0v) is 13.2. The monoisotopic (exact) mass is 316 g/mol. The van der Waals surface area contributed by atoms with Crippen LogP contribution in [0.1, 0.15) is 0 Å². The number of hydrogen-bond donors (Lipinski definition) is 1. The molecule has 0 aliphatic heterocycles. The second kappa shape index (κ2) is 5.70. The van der Waals surface area contributed by atoms with E-state index in [0.29, 0.717) is 5.69 Å². The number of aryl methyl sites for hydroxylation is 1. The lowest BCUT2D eigenvalue weighted by atomic mass is 10.2. The molecule has 0 bridgehead atoms. The summed E-state index contributed by atoms with van der Waals surface area (Å²) in [7, 11) is 1.79. The topological polar surface area (TPSA) is 51.9 Å². The molecule has 0 radical (unpaired) electrons. The van der Waals surface area contributed by atoms with Crippen LogP contribution >= 0.6 is 0 Å². The normalized spacial score (nSPS) is 10.9. The number of nitrogens with zero attached hydrogens (tertiary/aromatic N) is 3. The van der Waals surface area contributed by atoms with Gasteiger partial charge in [-0.2, -0.15) is 5.10 Å². The van der Waals surface area contributed by atoms with Gasteiger partial charge in [0.25, 0.3) is 5.56 Å². The van der Waals surface area contributed by atoms with Crippen molar-refractivity contribution < 1.29 is 0 Å². The standard InChI is InChI=1S/C19H16N4O/c1-22-18-9-3-2-6-14(18)12-17(19(22)24)21-15-7-4-8-16(13-15)23-11-5-10-20-23/h2-13,21H,1H3. The maximum Gasteiger partial charge on any atom is 0.274 e. The highest BCUT2D eigenvalue weighted by atomic mass is 16.1. The lowest BCUT2D eigenvalue weighted by Gasteiger charge is -2.11. The zero-order valence-electron chi connectivity index (χ0n) is 13.2. The maximum absolute atomic E-state index is 12.6. The van der Waals surface area contributed by atoms with Crippen molar-refractivity contribution in [1.29, 1.82) is 0 Å². The molecule has 0 amide bonds. The highest BCUT2D eigenvalue weighted by Gasteiger charge is 2.07. The molecule has 4 rings (SSSR count). The van der Waals surface area contributed by atoms with Gasteiger partial charge in [-0.15, -0.1) is 0 Å². The van der Waals surface area contributed by atoms with Gasteiger partial charge in [0.05, 0.1) is 11.2 Å². The molecule has 2 heterocycles. The van der Waals surface area contributed by atoms with Gasteiger partial charge in [-0.3, -0.25) is 4.79 Å². The molecule has 0 aliphatic carbocycles. The van der Waals surface area contributed by atoms with E-state index < -0.39 is 0 Å². The third-order valence-electron chi connectivity index (χ3n) is 4.03. The van der Waals surface area contributed by atoms with Crippen molar-refractivity contribution >= 4 is 22.3 Å². The fourth-order valence-electron chi connectivity index (χ4n) is 2.82. The van der Waals surface area contributed by atoms with Gasteiger partial charge in [0.2, 0.25) is 0 Å². The van der Waals surface area contributed by atoms with Crippen LogP contribution < -0.4 is 10.9 Å². The summed E-state index contributed by atoms with van der Waals surface area (Å²) in [5, 5.41) is 8.48. The summed E-state index contributed by atoms with van der Waals surface area (Å²) < 4.78 is 3.44. The molecule has 2 aromatic carbocycles. The van der Waals surface area contributed by atoms with Crippen molar-refractivity contribution in [2.75, 3.05) is 5.32 Å². The van der Waals surface area contributed by atoms with E-state index in [1.54, 1.807) is 22.5 Å². The van der Waals surface area contributed by atoms with Crippen molar-refractivity contribution in [3.63, 3.8) is 0 Å². The quantitative estimate of drug-likeness (QED) is 0.629. The number of anilines is 2. The number of nitrogens with one attached hydrogen (secondary N) is 1. The number of benzene rings is 2. The van der Waals surface area contributed by atoms with Gasteiger partial charge in [0.15, 0.2) is 0 Å². The molecule has 0 spiro atoms. The molecule has 1 N–H and O–H groups in total. The summed E-state index contributed by atoms with van der Waals surface area (Å²) >= 11 is 0. The lowest BCUT2D eigenvalue weighted by Crippen LogP contribution is -2.20. The first-order chi connectivity index (χ1) is 11.7. The molecule has 5 nitrogen and oxygen atoms in total. The van der Waals surface area contributed by atoms with Crippen molar-refractivity contribution in [3.05, 3.63) is 83.4 Å². The van der Waals surface area contributed by atoms with E-state index in [4.69, 9.17) is 0 Å². The molecule has 24 heavy (non-hydrogen) atoms. The van der Waals surface area contributed by atoms with Crippen LogP contribution in [0.4, 0.5) is 11.4 Å². The highest BCUT2D eigenvalue weighted by Crippen LogP contribution is 2.20. The van der Waals surface area contributed by atoms with E-state index >= 15 is 0 Å². The van der Waals surface area contributed by atoms with E-state index in [1.165, 1.54) is 0 Å². The van der Waals surface area contributed by atoms with Gasteiger partial charge in [-0.25, -0.2) is 4.68 Å². The third-order valence-corrected chi connectivity index (χ3v) is 4.03. The summed E-state index contributed by atoms with van der Waals surface area (Å²) in [6.45, 7) is 0. The van der Waals surface area contributed by atoms with Crippen LogP contribution in [-0.4, -0.2) is 14.3 Å². The van der Waals surface area contributed by atoms with Crippen LogP contribution in [0.2, 0.25) is 0 Å². The molecule has 0 saturated carbocycles. The second-order valence-electron chi connectivity index (χ2n) is 5.61. The highest BCUT2D eigenvalue weighted by molar-refractivity contribution is 5.83. The first kappa shape index (κ1) is 14.3. The zero-order chi connectivity index (χ0) is 16.5. The van der Waals surface area contributed by atoms with E-state index in [1.807, 2.05) is 66.9 Å². The minimum atomic E-state index is -0.0572. The number of pyridine rings is 1. The molecule has 118 valence electrons. The van der Waals surface area contributed by atoms with Crippen LogP contribution in [-0.2, 0) is 7.05 Å². The summed E-state index contributed by atoms with van der Waals surface area (Å²) in [6.07, 6.45) is 3.62. The Kier molecular flexibility index (Phi) is 3.39. The summed E-state index contributed by atoms with van der Waals surface area (Å²) in [5.74, 6) is 0. The first-order valence-corrected chi connectivity index (χ1v) is 7.68. The van der Waals surface area contributed by atoms with Crippen molar-refractivity contribution in [3.8, 4) is 5.69 Å². The van der Waals surface area contributed by atoms with E-state index in [2.05, 4.69) is 10.4 Å². The van der Waals surface area contributed by atoms with Crippen LogP contribution in [0, 0.1) is 0 Å². The van der Waals surface area contributed by atoms with E-state index in [0.717, 1.165) is 22.3 Å². The number of fused-ring (bicyclic) bond motifs is 1. The Bertz CT molecular complexity index is 1060. The van der Waals surface area contributed by atoms with E-state index in [-0.39, 0.29) is 5.56 Å². The first-order valence-electron chi connectivity index (χ1n) is 7.68. The van der Waals surface area contributed by atoms with Crippen LogP contribution in [0.15, 0.2) is 77.9 Å². The Morgan fingerprint density at radius 1 is 1.00 bits per heavy atom. The van der Waals surface area contributed by atoms with Crippen molar-refractivity contribution in [2.45, 2.75) is 0 Å². The summed E-state index contributed by atoms with van der Waals surface area (Å²) in [6, 6.07) is 19.4. The molecule has 0 fully saturated rings. The summed E-state index contributed by atoms with van der Waals surface area (Å²) in [4.78, 5) is 12.6. The average molecular weight is 316 g/mol. The molecule has 0 aliphatic rings. The minimum absolute atomic E-state index is 0.0572. The molecular formula is C19H16N4O. The molecule has 5 heteroatoms. The maximum atomic E-state index is 12.6. The van der Waals surface area contributed by atoms with Gasteiger partial charge < -0.3 is 9.88 Å². The average Bonchev–Trinajstić information content (AvgIpc) is 3.14. The predicted molar refractivity (Wildman–Crippen MR) is 96.0 cm³/mol. The Morgan fingerprint density at radius 2 is 1.88 bits per heavy atom. The third kappa shape index (κ3) is 2.46. The van der Waals surface area contributed by atoms with Crippen molar-refractivity contribution in [1.82, 2.24) is 14.3 Å². The lowest BCUT2D eigenvalue weighted by molar-refractivity contribution is 0.881. The molecule has 4 aromatic rings. The van der Waals surface area contributed by atoms with Gasteiger partial charge in [0.1, 0.15) is 5.69 Å². The van der Waals surface area contributed by atoms with Gasteiger partial charge >= 0.3 is 0 Å². The summed E-state index contributed by atoms with van der Waals surface area (Å²) in [5.41, 5.74) is 3.18. The van der Waals surface area contributed by atoms with Crippen LogP contribution in [0.25, 0.3) is 16.6 Å². The van der Waals surface area contributed by atoms with Gasteiger partial charge in [0, 0.05) is 30.5 Å². The van der Waals surface area contributed by atoms with Crippen molar-refractivity contribution in [2.24, 2.45) is 7.05 Å². The fourth-order valence-corrected chi connectivity index (χ4v) is 2.82. The molecule has 0 atom stereocenters. The van der Waals surface area contributed by atoms with Crippen LogP contribution in [0.3, 0.4) is 0 Å². The molecular weight excluding hydrogens is 300 g/mol. The van der Waals surface area contributed by atoms with Crippen LogP contribution in [0.5, 0.6) is 0 Å². The fraction of sp³-hybridized carbons (Fsp3) is 0.0526. The predicted octanol–water partition coefficient (Wildman–Crippen LogP) is 3.47. The Balaban J connectivity index is 1.76.